The Kier molecular flexibility index (Phi) is 3.19. The number of benzene rings is 3. The number of aryl methyl sites for hydroxylation is 3. The van der Waals surface area contributed by atoms with Crippen molar-refractivity contribution in [3.63, 3.8) is 0 Å². The van der Waals surface area contributed by atoms with Gasteiger partial charge in [-0.05, 0) is 66.3 Å². The Balaban J connectivity index is 1.62. The molecule has 0 bridgehead atoms. The van der Waals surface area contributed by atoms with Crippen LogP contribution in [0.3, 0.4) is 0 Å². The largest absolute Gasteiger partial charge is 0.356 e. The molecule has 0 spiro atoms. The lowest BCUT2D eigenvalue weighted by molar-refractivity contribution is 0.840. The van der Waals surface area contributed by atoms with Crippen LogP contribution in [0, 0.1) is 6.92 Å². The van der Waals surface area contributed by atoms with E-state index >= 15 is 0 Å². The van der Waals surface area contributed by atoms with Crippen molar-refractivity contribution < 1.29 is 0 Å². The summed E-state index contributed by atoms with van der Waals surface area (Å²) in [6, 6.07) is 24.0. The summed E-state index contributed by atoms with van der Waals surface area (Å²) in [7, 11) is 0. The Morgan fingerprint density at radius 2 is 1.45 bits per heavy atom. The highest BCUT2D eigenvalue weighted by Gasteiger charge is 2.13. The quantitative estimate of drug-likeness (QED) is 0.669. The molecule has 0 aromatic heterocycles. The lowest BCUT2D eigenvalue weighted by Crippen LogP contribution is -2.07. The second-order valence-electron chi connectivity index (χ2n) is 6.06. The first-order valence-corrected chi connectivity index (χ1v) is 7.84. The highest BCUT2D eigenvalue weighted by atomic mass is 14.9. The predicted molar refractivity (Wildman–Crippen MR) is 93.7 cm³/mol. The number of anilines is 2. The average molecular weight is 285 g/mol. The molecule has 0 amide bonds. The molecule has 0 radical (unpaired) electrons. The molecule has 1 nitrogen and oxygen atoms in total. The first kappa shape index (κ1) is 13.1. The molecule has 3 aromatic carbocycles. The van der Waals surface area contributed by atoms with Gasteiger partial charge in [0.05, 0.1) is 0 Å². The maximum absolute atomic E-state index is 3.48. The van der Waals surface area contributed by atoms with Crippen LogP contribution < -0.4 is 5.32 Å². The summed E-state index contributed by atoms with van der Waals surface area (Å²) in [6.45, 7) is 2.11. The van der Waals surface area contributed by atoms with E-state index in [1.54, 1.807) is 0 Å². The molecule has 0 aliphatic heterocycles. The van der Waals surface area contributed by atoms with E-state index in [1.165, 1.54) is 40.7 Å². The van der Waals surface area contributed by atoms with Gasteiger partial charge in [-0.15, -0.1) is 0 Å². The standard InChI is InChI=1S/C21H19N/c1-15-5-11-20(12-6-15)22-21-4-2-3-17(14-21)19-10-8-16-7-9-18(16)13-19/h2-6,8,10-14,22H,7,9H2,1H3. The van der Waals surface area contributed by atoms with Gasteiger partial charge in [-0.3, -0.25) is 0 Å². The Hall–Kier alpha value is -2.54. The van der Waals surface area contributed by atoms with Gasteiger partial charge in [0.25, 0.3) is 0 Å². The van der Waals surface area contributed by atoms with Crippen LogP contribution in [-0.4, -0.2) is 0 Å². The Labute approximate surface area is 131 Å². The lowest BCUT2D eigenvalue weighted by Gasteiger charge is -2.19. The summed E-state index contributed by atoms with van der Waals surface area (Å²) in [6.07, 6.45) is 2.47. The molecule has 3 aromatic rings. The summed E-state index contributed by atoms with van der Waals surface area (Å²) in [5.74, 6) is 0. The molecular weight excluding hydrogens is 266 g/mol. The van der Waals surface area contributed by atoms with Gasteiger partial charge < -0.3 is 5.32 Å². The van der Waals surface area contributed by atoms with E-state index in [0.29, 0.717) is 0 Å². The lowest BCUT2D eigenvalue weighted by atomic mass is 9.86. The summed E-state index contributed by atoms with van der Waals surface area (Å²) < 4.78 is 0. The number of rotatable bonds is 3. The molecule has 0 saturated heterocycles. The average Bonchev–Trinajstić information content (AvgIpc) is 2.51. The Bertz CT molecular complexity index is 816. The van der Waals surface area contributed by atoms with Gasteiger partial charge in [0, 0.05) is 11.4 Å². The minimum atomic E-state index is 1.12. The van der Waals surface area contributed by atoms with Crippen LogP contribution in [0.1, 0.15) is 16.7 Å². The molecule has 0 unspecified atom stereocenters. The molecule has 1 aliphatic rings. The highest BCUT2D eigenvalue weighted by molar-refractivity contribution is 5.72. The minimum Gasteiger partial charge on any atom is -0.356 e. The van der Waals surface area contributed by atoms with Crippen LogP contribution in [0.4, 0.5) is 11.4 Å². The molecule has 0 saturated carbocycles. The van der Waals surface area contributed by atoms with Crippen molar-refractivity contribution in [2.24, 2.45) is 0 Å². The normalized spacial score (nSPS) is 12.4. The van der Waals surface area contributed by atoms with Crippen molar-refractivity contribution in [2.75, 3.05) is 5.32 Å². The third-order valence-electron chi connectivity index (χ3n) is 4.41. The van der Waals surface area contributed by atoms with E-state index in [9.17, 15) is 0 Å². The second kappa shape index (κ2) is 5.34. The van der Waals surface area contributed by atoms with Crippen molar-refractivity contribution in [2.45, 2.75) is 19.8 Å². The van der Waals surface area contributed by atoms with Gasteiger partial charge in [0.1, 0.15) is 0 Å². The van der Waals surface area contributed by atoms with Gasteiger partial charge in [0.2, 0.25) is 0 Å². The zero-order valence-corrected chi connectivity index (χ0v) is 12.8. The van der Waals surface area contributed by atoms with Gasteiger partial charge in [-0.2, -0.15) is 0 Å². The monoisotopic (exact) mass is 285 g/mol. The fourth-order valence-corrected chi connectivity index (χ4v) is 2.95. The molecule has 1 N–H and O–H groups in total. The molecule has 1 heteroatoms. The van der Waals surface area contributed by atoms with Crippen LogP contribution in [0.15, 0.2) is 66.7 Å². The van der Waals surface area contributed by atoms with Crippen LogP contribution in [0.5, 0.6) is 0 Å². The zero-order valence-electron chi connectivity index (χ0n) is 12.8. The maximum Gasteiger partial charge on any atom is 0.0390 e. The molecule has 0 fully saturated rings. The number of hydrogen-bond acceptors (Lipinski definition) is 1. The maximum atomic E-state index is 3.48. The van der Waals surface area contributed by atoms with Crippen molar-refractivity contribution in [1.29, 1.82) is 0 Å². The van der Waals surface area contributed by atoms with Gasteiger partial charge in [-0.1, -0.05) is 48.0 Å². The number of fused-ring (bicyclic) bond motifs is 1. The number of hydrogen-bond donors (Lipinski definition) is 1. The molecule has 0 atom stereocenters. The number of nitrogens with one attached hydrogen (secondary N) is 1. The molecule has 4 rings (SSSR count). The van der Waals surface area contributed by atoms with Crippen molar-refractivity contribution >= 4 is 11.4 Å². The smallest absolute Gasteiger partial charge is 0.0390 e. The van der Waals surface area contributed by atoms with E-state index in [4.69, 9.17) is 0 Å². The SMILES string of the molecule is Cc1ccc(Nc2cccc(-c3ccc4c(c3)CC4)c2)cc1. The van der Waals surface area contributed by atoms with Crippen molar-refractivity contribution in [3.8, 4) is 11.1 Å². The van der Waals surface area contributed by atoms with Crippen LogP contribution in [0.25, 0.3) is 11.1 Å². The van der Waals surface area contributed by atoms with E-state index in [1.807, 2.05) is 0 Å². The fraction of sp³-hybridized carbons (Fsp3) is 0.143. The summed E-state index contributed by atoms with van der Waals surface area (Å²) in [4.78, 5) is 0. The van der Waals surface area contributed by atoms with Crippen LogP contribution in [0.2, 0.25) is 0 Å². The predicted octanol–water partition coefficient (Wildman–Crippen LogP) is 5.50. The molecule has 22 heavy (non-hydrogen) atoms. The summed E-state index contributed by atoms with van der Waals surface area (Å²) >= 11 is 0. The van der Waals surface area contributed by atoms with Crippen LogP contribution >= 0.6 is 0 Å². The van der Waals surface area contributed by atoms with E-state index < -0.39 is 0 Å². The minimum absolute atomic E-state index is 1.12. The fourth-order valence-electron chi connectivity index (χ4n) is 2.95. The van der Waals surface area contributed by atoms with Crippen LogP contribution in [-0.2, 0) is 12.8 Å². The van der Waals surface area contributed by atoms with Gasteiger partial charge in [-0.25, -0.2) is 0 Å². The molecule has 108 valence electrons. The molecular formula is C21H19N. The topological polar surface area (TPSA) is 12.0 Å². The summed E-state index contributed by atoms with van der Waals surface area (Å²) in [5, 5.41) is 3.48. The van der Waals surface area contributed by atoms with E-state index in [0.717, 1.165) is 11.4 Å². The second-order valence-corrected chi connectivity index (χ2v) is 6.06. The Morgan fingerprint density at radius 3 is 2.18 bits per heavy atom. The molecule has 0 heterocycles. The third kappa shape index (κ3) is 2.50. The van der Waals surface area contributed by atoms with Gasteiger partial charge in [0.15, 0.2) is 0 Å². The summed E-state index contributed by atoms with van der Waals surface area (Å²) in [5.41, 5.74) is 9.13. The van der Waals surface area contributed by atoms with Crippen molar-refractivity contribution in [3.05, 3.63) is 83.4 Å². The van der Waals surface area contributed by atoms with Gasteiger partial charge >= 0.3 is 0 Å². The third-order valence-corrected chi connectivity index (χ3v) is 4.41. The Morgan fingerprint density at radius 1 is 0.682 bits per heavy atom. The first-order valence-electron chi connectivity index (χ1n) is 7.84. The van der Waals surface area contributed by atoms with E-state index in [2.05, 4.69) is 79.0 Å². The first-order chi connectivity index (χ1) is 10.8. The highest BCUT2D eigenvalue weighted by Crippen LogP contribution is 2.30. The zero-order chi connectivity index (χ0) is 14.9. The van der Waals surface area contributed by atoms with E-state index in [-0.39, 0.29) is 0 Å². The van der Waals surface area contributed by atoms with Crippen molar-refractivity contribution in [1.82, 2.24) is 0 Å². The molecule has 1 aliphatic carbocycles.